The predicted molar refractivity (Wildman–Crippen MR) is 85.8 cm³/mol. The van der Waals surface area contributed by atoms with E-state index in [1.807, 2.05) is 24.3 Å². The largest absolute Gasteiger partial charge is 0.491 e. The smallest absolute Gasteiger partial charge is 0.119 e. The predicted octanol–water partition coefficient (Wildman–Crippen LogP) is 1.76. The molecule has 0 spiro atoms. The van der Waals surface area contributed by atoms with Crippen molar-refractivity contribution in [2.75, 3.05) is 40.3 Å². The van der Waals surface area contributed by atoms with Crippen LogP contribution in [0.1, 0.15) is 18.4 Å². The van der Waals surface area contributed by atoms with Crippen molar-refractivity contribution < 1.29 is 9.84 Å². The van der Waals surface area contributed by atoms with E-state index < -0.39 is 6.10 Å². The molecule has 1 aromatic rings. The fourth-order valence-electron chi connectivity index (χ4n) is 2.80. The zero-order valence-corrected chi connectivity index (χ0v) is 13.5. The molecule has 0 radical (unpaired) electrons. The maximum absolute atomic E-state index is 10.1. The van der Waals surface area contributed by atoms with Crippen LogP contribution in [0, 0.1) is 6.92 Å². The Hall–Kier alpha value is -1.10. The summed E-state index contributed by atoms with van der Waals surface area (Å²) in [6, 6.07) is 8.62. The maximum atomic E-state index is 10.1. The number of β-amino-alcohol motifs (C(OH)–C–C–N with tert-alkyl or cyclic N) is 1. The highest BCUT2D eigenvalue weighted by Crippen LogP contribution is 2.15. The minimum Gasteiger partial charge on any atom is -0.491 e. The molecule has 1 unspecified atom stereocenters. The van der Waals surface area contributed by atoms with Crippen LogP contribution in [0.5, 0.6) is 5.75 Å². The average molecular weight is 292 g/mol. The van der Waals surface area contributed by atoms with E-state index in [1.54, 1.807) is 0 Å². The van der Waals surface area contributed by atoms with E-state index in [2.05, 4.69) is 30.8 Å². The Bertz CT molecular complexity index is 411. The SMILES string of the molecule is Cc1ccc(OCC(O)CN2CCC(N(C)C)CC2)cc1. The zero-order valence-electron chi connectivity index (χ0n) is 13.5. The number of aliphatic hydroxyl groups is 1. The number of hydrogen-bond acceptors (Lipinski definition) is 4. The number of likely N-dealkylation sites (tertiary alicyclic amines) is 1. The van der Waals surface area contributed by atoms with E-state index in [1.165, 1.54) is 18.4 Å². The monoisotopic (exact) mass is 292 g/mol. The summed E-state index contributed by atoms with van der Waals surface area (Å²) in [6.45, 7) is 5.23. The van der Waals surface area contributed by atoms with Crippen LogP contribution in [0.15, 0.2) is 24.3 Å². The molecule has 1 N–H and O–H groups in total. The number of aliphatic hydroxyl groups excluding tert-OH is 1. The van der Waals surface area contributed by atoms with Gasteiger partial charge in [0.15, 0.2) is 0 Å². The number of rotatable bonds is 6. The molecule has 4 heteroatoms. The molecule has 0 aromatic heterocycles. The van der Waals surface area contributed by atoms with Crippen molar-refractivity contribution >= 4 is 0 Å². The molecule has 2 rings (SSSR count). The third-order valence-electron chi connectivity index (χ3n) is 4.22. The van der Waals surface area contributed by atoms with E-state index in [-0.39, 0.29) is 0 Å². The lowest BCUT2D eigenvalue weighted by Gasteiger charge is -2.35. The van der Waals surface area contributed by atoms with Gasteiger partial charge in [-0.05, 0) is 59.1 Å². The number of aryl methyl sites for hydroxylation is 1. The first-order chi connectivity index (χ1) is 10.0. The third-order valence-corrected chi connectivity index (χ3v) is 4.22. The topological polar surface area (TPSA) is 35.9 Å². The lowest BCUT2D eigenvalue weighted by molar-refractivity contribution is 0.0506. The number of ether oxygens (including phenoxy) is 1. The van der Waals surface area contributed by atoms with Crippen LogP contribution in [-0.4, -0.2) is 67.4 Å². The van der Waals surface area contributed by atoms with Gasteiger partial charge in [0.2, 0.25) is 0 Å². The van der Waals surface area contributed by atoms with Crippen molar-refractivity contribution in [3.05, 3.63) is 29.8 Å². The minimum absolute atomic E-state index is 0.358. The zero-order chi connectivity index (χ0) is 15.2. The molecule has 4 nitrogen and oxygen atoms in total. The Morgan fingerprint density at radius 3 is 2.43 bits per heavy atom. The number of nitrogens with zero attached hydrogens (tertiary/aromatic N) is 2. The van der Waals surface area contributed by atoms with Crippen molar-refractivity contribution in [2.45, 2.75) is 31.9 Å². The molecule has 0 aliphatic carbocycles. The maximum Gasteiger partial charge on any atom is 0.119 e. The van der Waals surface area contributed by atoms with Gasteiger partial charge >= 0.3 is 0 Å². The van der Waals surface area contributed by atoms with E-state index in [9.17, 15) is 5.11 Å². The second kappa shape index (κ2) is 7.78. The summed E-state index contributed by atoms with van der Waals surface area (Å²) in [5, 5.41) is 10.1. The lowest BCUT2D eigenvalue weighted by Crippen LogP contribution is -2.45. The van der Waals surface area contributed by atoms with E-state index >= 15 is 0 Å². The first kappa shape index (κ1) is 16.3. The highest BCUT2D eigenvalue weighted by molar-refractivity contribution is 5.26. The average Bonchev–Trinajstić information content (AvgIpc) is 2.47. The van der Waals surface area contributed by atoms with E-state index in [0.717, 1.165) is 18.8 Å². The van der Waals surface area contributed by atoms with Crippen molar-refractivity contribution in [1.29, 1.82) is 0 Å². The molecule has 21 heavy (non-hydrogen) atoms. The molecule has 118 valence electrons. The van der Waals surface area contributed by atoms with Gasteiger partial charge in [0.1, 0.15) is 18.5 Å². The Morgan fingerprint density at radius 1 is 1.24 bits per heavy atom. The van der Waals surface area contributed by atoms with Crippen LogP contribution < -0.4 is 4.74 Å². The van der Waals surface area contributed by atoms with Crippen LogP contribution in [0.4, 0.5) is 0 Å². The molecule has 0 amide bonds. The number of benzene rings is 1. The van der Waals surface area contributed by atoms with Crippen LogP contribution in [0.25, 0.3) is 0 Å². The highest BCUT2D eigenvalue weighted by Gasteiger charge is 2.22. The van der Waals surface area contributed by atoms with Crippen LogP contribution >= 0.6 is 0 Å². The van der Waals surface area contributed by atoms with E-state index in [0.29, 0.717) is 19.2 Å². The fraction of sp³-hybridized carbons (Fsp3) is 0.647. The van der Waals surface area contributed by atoms with Gasteiger partial charge in [-0.15, -0.1) is 0 Å². The van der Waals surface area contributed by atoms with Crippen LogP contribution in [-0.2, 0) is 0 Å². The molecule has 0 bridgehead atoms. The standard InChI is InChI=1S/C17H28N2O2/c1-14-4-6-17(7-5-14)21-13-16(20)12-19-10-8-15(9-11-19)18(2)3/h4-7,15-16,20H,8-13H2,1-3H3. The summed E-state index contributed by atoms with van der Waals surface area (Å²) in [5.74, 6) is 0.825. The van der Waals surface area contributed by atoms with Crippen molar-refractivity contribution in [1.82, 2.24) is 9.80 Å². The molecule has 1 fully saturated rings. The molecule has 1 saturated heterocycles. The van der Waals surface area contributed by atoms with Crippen molar-refractivity contribution in [3.8, 4) is 5.75 Å². The van der Waals surface area contributed by atoms with Crippen molar-refractivity contribution in [3.63, 3.8) is 0 Å². The minimum atomic E-state index is -0.429. The Balaban J connectivity index is 1.68. The molecular formula is C17H28N2O2. The quantitative estimate of drug-likeness (QED) is 0.867. The summed E-state index contributed by atoms with van der Waals surface area (Å²) in [5.41, 5.74) is 1.21. The summed E-state index contributed by atoms with van der Waals surface area (Å²) in [4.78, 5) is 4.64. The van der Waals surface area contributed by atoms with Gasteiger partial charge < -0.3 is 19.6 Å². The summed E-state index contributed by atoms with van der Waals surface area (Å²) in [7, 11) is 4.29. The summed E-state index contributed by atoms with van der Waals surface area (Å²) < 4.78 is 5.64. The lowest BCUT2D eigenvalue weighted by atomic mass is 10.0. The summed E-state index contributed by atoms with van der Waals surface area (Å²) in [6.07, 6.45) is 1.93. The van der Waals surface area contributed by atoms with Gasteiger partial charge in [0.25, 0.3) is 0 Å². The van der Waals surface area contributed by atoms with Gasteiger partial charge in [-0.25, -0.2) is 0 Å². The number of piperidine rings is 1. The second-order valence-corrected chi connectivity index (χ2v) is 6.27. The number of hydrogen-bond donors (Lipinski definition) is 1. The van der Waals surface area contributed by atoms with Crippen molar-refractivity contribution in [2.24, 2.45) is 0 Å². The first-order valence-corrected chi connectivity index (χ1v) is 7.81. The van der Waals surface area contributed by atoms with Crippen LogP contribution in [0.3, 0.4) is 0 Å². The molecule has 1 aromatic carbocycles. The van der Waals surface area contributed by atoms with Gasteiger partial charge in [-0.1, -0.05) is 17.7 Å². The third kappa shape index (κ3) is 5.30. The van der Waals surface area contributed by atoms with Gasteiger partial charge in [0, 0.05) is 12.6 Å². The highest BCUT2D eigenvalue weighted by atomic mass is 16.5. The Kier molecular flexibility index (Phi) is 6.03. The Morgan fingerprint density at radius 2 is 1.86 bits per heavy atom. The van der Waals surface area contributed by atoms with Gasteiger partial charge in [-0.2, -0.15) is 0 Å². The van der Waals surface area contributed by atoms with Gasteiger partial charge in [-0.3, -0.25) is 0 Å². The van der Waals surface area contributed by atoms with Gasteiger partial charge in [0.05, 0.1) is 0 Å². The molecule has 1 heterocycles. The fourth-order valence-corrected chi connectivity index (χ4v) is 2.80. The molecule has 1 aliphatic heterocycles. The summed E-state index contributed by atoms with van der Waals surface area (Å²) >= 11 is 0. The van der Waals surface area contributed by atoms with E-state index in [4.69, 9.17) is 4.74 Å². The normalized spacial score (nSPS) is 18.9. The van der Waals surface area contributed by atoms with Crippen LogP contribution in [0.2, 0.25) is 0 Å². The molecule has 1 atom stereocenters. The molecule has 1 aliphatic rings. The second-order valence-electron chi connectivity index (χ2n) is 6.27. The Labute approximate surface area is 128 Å². The molecular weight excluding hydrogens is 264 g/mol. The first-order valence-electron chi connectivity index (χ1n) is 7.81. The molecule has 0 saturated carbocycles.